The van der Waals surface area contributed by atoms with Gasteiger partial charge in [-0.3, -0.25) is 4.79 Å². The summed E-state index contributed by atoms with van der Waals surface area (Å²) in [5.41, 5.74) is -0.565. The summed E-state index contributed by atoms with van der Waals surface area (Å²) in [5.74, 6) is -0.246. The number of likely N-dealkylation sites (N-methyl/N-ethyl adjacent to an activating group) is 1. The average Bonchev–Trinajstić information content (AvgIpc) is 2.41. The SMILES string of the molecule is C[NH+]1CC[NH+](CC(=O)Nc2cccc(C(F)(F)F)c2)CC1. The second-order valence-electron chi connectivity index (χ2n) is 5.51. The van der Waals surface area contributed by atoms with E-state index >= 15 is 0 Å². The number of alkyl halides is 3. The van der Waals surface area contributed by atoms with E-state index in [0.29, 0.717) is 6.54 Å². The lowest BCUT2D eigenvalue weighted by molar-refractivity contribution is -0.999. The van der Waals surface area contributed by atoms with Crippen LogP contribution < -0.4 is 15.1 Å². The fraction of sp³-hybridized carbons (Fsp3) is 0.500. The minimum atomic E-state index is -4.40. The second kappa shape index (κ2) is 6.44. The smallest absolute Gasteiger partial charge is 0.328 e. The maximum absolute atomic E-state index is 12.6. The number of halogens is 3. The number of hydrogen-bond donors (Lipinski definition) is 3. The number of benzene rings is 1. The van der Waals surface area contributed by atoms with Gasteiger partial charge in [0.15, 0.2) is 6.54 Å². The van der Waals surface area contributed by atoms with Crippen LogP contribution in [0.1, 0.15) is 5.56 Å². The van der Waals surface area contributed by atoms with Gasteiger partial charge in [-0.05, 0) is 18.2 Å². The van der Waals surface area contributed by atoms with Gasteiger partial charge >= 0.3 is 6.18 Å². The summed E-state index contributed by atoms with van der Waals surface area (Å²) in [6, 6.07) is 4.71. The number of quaternary nitrogens is 2. The monoisotopic (exact) mass is 303 g/mol. The largest absolute Gasteiger partial charge is 0.416 e. The van der Waals surface area contributed by atoms with Gasteiger partial charge in [0.05, 0.1) is 12.6 Å². The Hall–Kier alpha value is -1.60. The minimum absolute atomic E-state index is 0.189. The maximum Gasteiger partial charge on any atom is 0.416 e. The highest BCUT2D eigenvalue weighted by molar-refractivity contribution is 5.91. The third-order valence-corrected chi connectivity index (χ3v) is 3.69. The van der Waals surface area contributed by atoms with Crippen LogP contribution in [0.25, 0.3) is 0 Å². The number of anilines is 1. The fourth-order valence-electron chi connectivity index (χ4n) is 2.41. The van der Waals surface area contributed by atoms with E-state index in [1.165, 1.54) is 21.9 Å². The molecular weight excluding hydrogens is 283 g/mol. The number of rotatable bonds is 3. The van der Waals surface area contributed by atoms with E-state index in [1.807, 2.05) is 0 Å². The van der Waals surface area contributed by atoms with Crippen molar-refractivity contribution in [3.63, 3.8) is 0 Å². The summed E-state index contributed by atoms with van der Waals surface area (Å²) < 4.78 is 37.8. The van der Waals surface area contributed by atoms with Crippen LogP contribution >= 0.6 is 0 Å². The number of carbonyl (C=O) groups is 1. The number of carbonyl (C=O) groups excluding carboxylic acids is 1. The molecule has 1 fully saturated rings. The van der Waals surface area contributed by atoms with Crippen molar-refractivity contribution >= 4 is 11.6 Å². The number of nitrogens with one attached hydrogen (secondary N) is 3. The molecule has 0 aromatic heterocycles. The Labute approximate surface area is 121 Å². The van der Waals surface area contributed by atoms with Crippen molar-refractivity contribution in [2.75, 3.05) is 45.1 Å². The van der Waals surface area contributed by atoms with E-state index < -0.39 is 11.7 Å². The number of amides is 1. The molecule has 0 bridgehead atoms. The zero-order chi connectivity index (χ0) is 15.5. The Bertz CT molecular complexity index is 496. The number of hydrogen-bond acceptors (Lipinski definition) is 1. The molecule has 0 spiro atoms. The molecule has 116 valence electrons. The highest BCUT2D eigenvalue weighted by Crippen LogP contribution is 2.30. The topological polar surface area (TPSA) is 38.0 Å². The molecule has 1 aliphatic heterocycles. The molecule has 1 amide bonds. The Kier molecular flexibility index (Phi) is 4.84. The van der Waals surface area contributed by atoms with Crippen LogP contribution in [0, 0.1) is 0 Å². The molecule has 7 heteroatoms. The van der Waals surface area contributed by atoms with Crippen LogP contribution in [0.3, 0.4) is 0 Å². The first-order valence-corrected chi connectivity index (χ1v) is 6.96. The lowest BCUT2D eigenvalue weighted by Crippen LogP contribution is -3.27. The highest BCUT2D eigenvalue weighted by atomic mass is 19.4. The van der Waals surface area contributed by atoms with E-state index in [-0.39, 0.29) is 11.6 Å². The van der Waals surface area contributed by atoms with E-state index in [0.717, 1.165) is 38.3 Å². The quantitative estimate of drug-likeness (QED) is 0.662. The Morgan fingerprint density at radius 3 is 2.52 bits per heavy atom. The van der Waals surface area contributed by atoms with Crippen molar-refractivity contribution < 1.29 is 27.8 Å². The van der Waals surface area contributed by atoms with Crippen molar-refractivity contribution in [3.8, 4) is 0 Å². The lowest BCUT2D eigenvalue weighted by Gasteiger charge is -2.26. The zero-order valence-corrected chi connectivity index (χ0v) is 11.9. The van der Waals surface area contributed by atoms with E-state index in [4.69, 9.17) is 0 Å². The molecule has 1 aliphatic rings. The summed E-state index contributed by atoms with van der Waals surface area (Å²) in [4.78, 5) is 14.5. The molecule has 1 aromatic rings. The molecule has 1 saturated heterocycles. The van der Waals surface area contributed by atoms with Crippen molar-refractivity contribution in [1.82, 2.24) is 0 Å². The van der Waals surface area contributed by atoms with Crippen molar-refractivity contribution in [3.05, 3.63) is 29.8 Å². The van der Waals surface area contributed by atoms with Crippen molar-refractivity contribution in [2.24, 2.45) is 0 Å². The Morgan fingerprint density at radius 1 is 1.24 bits per heavy atom. The van der Waals surface area contributed by atoms with Crippen molar-refractivity contribution in [1.29, 1.82) is 0 Å². The van der Waals surface area contributed by atoms with Crippen LogP contribution in [-0.2, 0) is 11.0 Å². The fourth-order valence-corrected chi connectivity index (χ4v) is 2.41. The van der Waals surface area contributed by atoms with E-state index in [1.54, 1.807) is 0 Å². The Morgan fingerprint density at radius 2 is 1.90 bits per heavy atom. The summed E-state index contributed by atoms with van der Waals surface area (Å²) in [6.07, 6.45) is -4.40. The highest BCUT2D eigenvalue weighted by Gasteiger charge is 2.30. The summed E-state index contributed by atoms with van der Waals surface area (Å²) in [6.45, 7) is 4.12. The molecule has 0 atom stereocenters. The van der Waals surface area contributed by atoms with E-state index in [2.05, 4.69) is 12.4 Å². The molecule has 0 saturated carbocycles. The Balaban J connectivity index is 1.91. The number of piperazine rings is 1. The first kappa shape index (κ1) is 15.8. The van der Waals surface area contributed by atoms with Gasteiger partial charge in [0.1, 0.15) is 26.2 Å². The summed E-state index contributed by atoms with van der Waals surface area (Å²) in [7, 11) is 2.11. The van der Waals surface area contributed by atoms with Crippen LogP contribution in [0.4, 0.5) is 18.9 Å². The molecule has 1 heterocycles. The van der Waals surface area contributed by atoms with Gasteiger partial charge in [-0.25, -0.2) is 0 Å². The third-order valence-electron chi connectivity index (χ3n) is 3.69. The van der Waals surface area contributed by atoms with Gasteiger partial charge < -0.3 is 15.1 Å². The predicted molar refractivity (Wildman–Crippen MR) is 72.3 cm³/mol. The maximum atomic E-state index is 12.6. The van der Waals surface area contributed by atoms with Gasteiger partial charge in [-0.15, -0.1) is 0 Å². The normalized spacial score (nSPS) is 22.9. The van der Waals surface area contributed by atoms with Crippen LogP contribution in [0.2, 0.25) is 0 Å². The molecule has 0 radical (unpaired) electrons. The van der Waals surface area contributed by atoms with Gasteiger partial charge in [-0.1, -0.05) is 6.07 Å². The lowest BCUT2D eigenvalue weighted by atomic mass is 10.2. The minimum Gasteiger partial charge on any atom is -0.328 e. The molecule has 2 rings (SSSR count). The molecule has 3 N–H and O–H groups in total. The molecule has 4 nitrogen and oxygen atoms in total. The third kappa shape index (κ3) is 4.71. The molecule has 21 heavy (non-hydrogen) atoms. The van der Waals surface area contributed by atoms with Gasteiger partial charge in [0.25, 0.3) is 5.91 Å². The predicted octanol–water partition coefficient (Wildman–Crippen LogP) is -0.943. The molecule has 0 unspecified atom stereocenters. The van der Waals surface area contributed by atoms with Crippen LogP contribution in [-0.4, -0.2) is 45.7 Å². The summed E-state index contributed by atoms with van der Waals surface area (Å²) >= 11 is 0. The van der Waals surface area contributed by atoms with Gasteiger partial charge in [-0.2, -0.15) is 13.2 Å². The molecule has 0 aliphatic carbocycles. The van der Waals surface area contributed by atoms with Gasteiger partial charge in [0, 0.05) is 5.69 Å². The second-order valence-corrected chi connectivity index (χ2v) is 5.51. The van der Waals surface area contributed by atoms with E-state index in [9.17, 15) is 18.0 Å². The van der Waals surface area contributed by atoms with Gasteiger partial charge in [0.2, 0.25) is 0 Å². The van der Waals surface area contributed by atoms with Crippen molar-refractivity contribution in [2.45, 2.75) is 6.18 Å². The van der Waals surface area contributed by atoms with Crippen LogP contribution in [0.15, 0.2) is 24.3 Å². The summed E-state index contributed by atoms with van der Waals surface area (Å²) in [5, 5.41) is 2.55. The average molecular weight is 303 g/mol. The zero-order valence-electron chi connectivity index (χ0n) is 11.9. The molecular formula is C14H20F3N3O+2. The first-order chi connectivity index (χ1) is 9.84. The first-order valence-electron chi connectivity index (χ1n) is 6.96. The molecule has 1 aromatic carbocycles. The van der Waals surface area contributed by atoms with Crippen LogP contribution in [0.5, 0.6) is 0 Å². The standard InChI is InChI=1S/C14H18F3N3O/c1-19-5-7-20(8-6-19)10-13(21)18-12-4-2-3-11(9-12)14(15,16)17/h2-4,9H,5-8,10H2,1H3,(H,18,21)/p+2.